The summed E-state index contributed by atoms with van der Waals surface area (Å²) in [4.78, 5) is 34.5. The van der Waals surface area contributed by atoms with Crippen molar-refractivity contribution in [2.75, 3.05) is 7.05 Å². The molecule has 2 unspecified atom stereocenters. The van der Waals surface area contributed by atoms with E-state index in [1.165, 1.54) is 7.05 Å². The minimum atomic E-state index is -0.846. The first-order valence-corrected chi connectivity index (χ1v) is 5.70. The number of likely N-dealkylation sites (N-methyl/N-ethyl adjacent to an activating group) is 1. The van der Waals surface area contributed by atoms with E-state index >= 15 is 0 Å². The van der Waals surface area contributed by atoms with Gasteiger partial charge in [-0.05, 0) is 19.8 Å². The Bertz CT molecular complexity index is 329. The predicted octanol–water partition coefficient (Wildman–Crippen LogP) is -0.0233. The van der Waals surface area contributed by atoms with Crippen LogP contribution in [-0.2, 0) is 14.4 Å². The van der Waals surface area contributed by atoms with Crippen molar-refractivity contribution in [3.8, 4) is 0 Å². The van der Waals surface area contributed by atoms with Gasteiger partial charge in [0.05, 0.1) is 6.04 Å². The molecule has 96 valence electrons. The monoisotopic (exact) mass is 242 g/mol. The summed E-state index contributed by atoms with van der Waals surface area (Å²) in [5, 5.41) is 11.6. The molecule has 2 N–H and O–H groups in total. The second-order valence-corrected chi connectivity index (χ2v) is 4.38. The van der Waals surface area contributed by atoms with Gasteiger partial charge in [0.2, 0.25) is 11.8 Å². The zero-order valence-corrected chi connectivity index (χ0v) is 10.1. The van der Waals surface area contributed by atoms with Crippen molar-refractivity contribution in [2.45, 2.75) is 44.7 Å². The van der Waals surface area contributed by atoms with Gasteiger partial charge in [-0.1, -0.05) is 0 Å². The Hall–Kier alpha value is -1.43. The first kappa shape index (κ1) is 13.6. The number of carbonyl (C=O) groups is 3. The van der Waals surface area contributed by atoms with Crippen LogP contribution in [0.5, 0.6) is 0 Å². The van der Waals surface area contributed by atoms with Crippen LogP contribution in [-0.4, -0.2) is 46.9 Å². The van der Waals surface area contributed by atoms with Crippen molar-refractivity contribution in [3.63, 3.8) is 0 Å². The van der Waals surface area contributed by atoms with E-state index in [1.807, 2.05) is 6.92 Å². The molecule has 1 saturated heterocycles. The number of likely N-dealkylation sites (tertiary alicyclic amines) is 1. The van der Waals surface area contributed by atoms with Crippen LogP contribution in [0.25, 0.3) is 0 Å². The number of piperidine rings is 1. The van der Waals surface area contributed by atoms with Gasteiger partial charge in [-0.3, -0.25) is 19.3 Å². The highest BCUT2D eigenvalue weighted by atomic mass is 16.4. The standard InChI is InChI=1S/C11H18N2O4/c1-7(3-6-10(15)16)12-8-4-5-9(14)13(2)11(8)17/h7-8,12H,3-6H2,1-2H3,(H,15,16). The van der Waals surface area contributed by atoms with E-state index in [1.54, 1.807) is 0 Å². The number of carboxylic acids is 1. The number of imide groups is 1. The molecule has 1 rings (SSSR count). The smallest absolute Gasteiger partial charge is 0.303 e. The second kappa shape index (κ2) is 5.77. The van der Waals surface area contributed by atoms with Gasteiger partial charge in [-0.15, -0.1) is 0 Å². The number of carbonyl (C=O) groups excluding carboxylic acids is 2. The maximum atomic E-state index is 11.7. The quantitative estimate of drug-likeness (QED) is 0.661. The van der Waals surface area contributed by atoms with Gasteiger partial charge in [-0.25, -0.2) is 0 Å². The van der Waals surface area contributed by atoms with Crippen LogP contribution in [0.4, 0.5) is 0 Å². The summed E-state index contributed by atoms with van der Waals surface area (Å²) in [6.45, 7) is 1.84. The van der Waals surface area contributed by atoms with E-state index in [4.69, 9.17) is 5.11 Å². The molecular weight excluding hydrogens is 224 g/mol. The Morgan fingerprint density at radius 2 is 2.24 bits per heavy atom. The molecule has 0 aromatic carbocycles. The molecule has 1 aliphatic heterocycles. The number of nitrogens with one attached hydrogen (secondary N) is 1. The van der Waals surface area contributed by atoms with E-state index < -0.39 is 5.97 Å². The van der Waals surface area contributed by atoms with Crippen LogP contribution in [0.2, 0.25) is 0 Å². The molecule has 6 nitrogen and oxygen atoms in total. The molecule has 0 aliphatic carbocycles. The third-order valence-corrected chi connectivity index (χ3v) is 2.93. The minimum Gasteiger partial charge on any atom is -0.481 e. The predicted molar refractivity (Wildman–Crippen MR) is 60.3 cm³/mol. The molecule has 1 heterocycles. The summed E-state index contributed by atoms with van der Waals surface area (Å²) in [5.74, 6) is -1.24. The molecule has 0 saturated carbocycles. The van der Waals surface area contributed by atoms with Crippen LogP contribution in [0.15, 0.2) is 0 Å². The Morgan fingerprint density at radius 3 is 2.82 bits per heavy atom. The van der Waals surface area contributed by atoms with Crippen molar-refractivity contribution in [3.05, 3.63) is 0 Å². The maximum absolute atomic E-state index is 11.7. The van der Waals surface area contributed by atoms with Crippen LogP contribution >= 0.6 is 0 Å². The lowest BCUT2D eigenvalue weighted by Crippen LogP contribution is -2.53. The second-order valence-electron chi connectivity index (χ2n) is 4.38. The van der Waals surface area contributed by atoms with Crippen LogP contribution in [0.3, 0.4) is 0 Å². The van der Waals surface area contributed by atoms with Gasteiger partial charge in [0.25, 0.3) is 0 Å². The molecule has 0 radical (unpaired) electrons. The lowest BCUT2D eigenvalue weighted by atomic mass is 10.0. The molecule has 2 amide bonds. The maximum Gasteiger partial charge on any atom is 0.303 e. The molecule has 6 heteroatoms. The van der Waals surface area contributed by atoms with Crippen molar-refractivity contribution in [1.82, 2.24) is 10.2 Å². The van der Waals surface area contributed by atoms with E-state index in [9.17, 15) is 14.4 Å². The molecule has 1 fully saturated rings. The minimum absolute atomic E-state index is 0.0540. The molecule has 1 aliphatic rings. The Balaban J connectivity index is 2.43. The number of amides is 2. The fourth-order valence-electron chi connectivity index (χ4n) is 1.84. The summed E-state index contributed by atoms with van der Waals surface area (Å²) in [5.41, 5.74) is 0. The zero-order valence-electron chi connectivity index (χ0n) is 10.1. The summed E-state index contributed by atoms with van der Waals surface area (Å²) in [6.07, 6.45) is 1.38. The first-order chi connectivity index (χ1) is 7.91. The SMILES string of the molecule is CC(CCC(=O)O)NC1CCC(=O)N(C)C1=O. The van der Waals surface area contributed by atoms with Crippen LogP contribution in [0.1, 0.15) is 32.6 Å². The fraction of sp³-hybridized carbons (Fsp3) is 0.727. The number of hydrogen-bond acceptors (Lipinski definition) is 4. The fourth-order valence-corrected chi connectivity index (χ4v) is 1.84. The van der Waals surface area contributed by atoms with Crippen molar-refractivity contribution in [1.29, 1.82) is 0 Å². The van der Waals surface area contributed by atoms with Gasteiger partial charge in [-0.2, -0.15) is 0 Å². The largest absolute Gasteiger partial charge is 0.481 e. The highest BCUT2D eigenvalue weighted by molar-refractivity contribution is 6.00. The number of nitrogens with zero attached hydrogens (tertiary/aromatic N) is 1. The molecule has 0 spiro atoms. The average Bonchev–Trinajstić information content (AvgIpc) is 2.27. The Kier molecular flexibility index (Phi) is 4.62. The number of carboxylic acid groups (broad SMARTS) is 1. The lowest BCUT2D eigenvalue weighted by Gasteiger charge is -2.30. The van der Waals surface area contributed by atoms with Gasteiger partial charge in [0, 0.05) is 25.9 Å². The third-order valence-electron chi connectivity index (χ3n) is 2.93. The first-order valence-electron chi connectivity index (χ1n) is 5.70. The molecule has 0 aromatic heterocycles. The van der Waals surface area contributed by atoms with Crippen molar-refractivity contribution >= 4 is 17.8 Å². The highest BCUT2D eigenvalue weighted by Gasteiger charge is 2.32. The van der Waals surface area contributed by atoms with E-state index in [-0.39, 0.29) is 30.3 Å². The molecular formula is C11H18N2O4. The molecule has 0 bridgehead atoms. The summed E-state index contributed by atoms with van der Waals surface area (Å²) < 4.78 is 0. The van der Waals surface area contributed by atoms with Crippen LogP contribution in [0, 0.1) is 0 Å². The number of aliphatic carboxylic acids is 1. The lowest BCUT2D eigenvalue weighted by molar-refractivity contribution is -0.148. The van der Waals surface area contributed by atoms with E-state index in [0.717, 1.165) is 4.90 Å². The Labute approximate surface area is 100.0 Å². The van der Waals surface area contributed by atoms with Crippen molar-refractivity contribution < 1.29 is 19.5 Å². The summed E-state index contributed by atoms with van der Waals surface area (Å²) in [6, 6.07) is -0.428. The molecule has 2 atom stereocenters. The van der Waals surface area contributed by atoms with Gasteiger partial charge >= 0.3 is 5.97 Å². The van der Waals surface area contributed by atoms with Gasteiger partial charge in [0.1, 0.15) is 0 Å². The normalized spacial score (nSPS) is 22.7. The number of hydrogen-bond donors (Lipinski definition) is 2. The van der Waals surface area contributed by atoms with Gasteiger partial charge < -0.3 is 10.4 Å². The zero-order chi connectivity index (χ0) is 13.0. The molecule has 0 aromatic rings. The number of rotatable bonds is 5. The summed E-state index contributed by atoms with van der Waals surface area (Å²) >= 11 is 0. The van der Waals surface area contributed by atoms with E-state index in [2.05, 4.69) is 5.32 Å². The van der Waals surface area contributed by atoms with Crippen LogP contribution < -0.4 is 5.32 Å². The van der Waals surface area contributed by atoms with Crippen molar-refractivity contribution in [2.24, 2.45) is 0 Å². The van der Waals surface area contributed by atoms with Gasteiger partial charge in [0.15, 0.2) is 0 Å². The highest BCUT2D eigenvalue weighted by Crippen LogP contribution is 2.12. The average molecular weight is 242 g/mol. The Morgan fingerprint density at radius 1 is 1.59 bits per heavy atom. The third kappa shape index (κ3) is 3.81. The molecule has 17 heavy (non-hydrogen) atoms. The van der Waals surface area contributed by atoms with E-state index in [0.29, 0.717) is 19.3 Å². The summed E-state index contributed by atoms with van der Waals surface area (Å²) in [7, 11) is 1.47. The topological polar surface area (TPSA) is 86.7 Å².